The van der Waals surface area contributed by atoms with Gasteiger partial charge in [-0.1, -0.05) is 16.6 Å². The fourth-order valence-electron chi connectivity index (χ4n) is 1.73. The molecule has 6 heteroatoms. The third kappa shape index (κ3) is 4.11. The summed E-state index contributed by atoms with van der Waals surface area (Å²) in [5.74, 6) is -0.0636. The quantitative estimate of drug-likeness (QED) is 0.879. The smallest absolute Gasteiger partial charge is 0.221 e. The van der Waals surface area contributed by atoms with Crippen molar-refractivity contribution < 1.29 is 4.79 Å². The predicted molar refractivity (Wildman–Crippen MR) is 75.9 cm³/mol. The number of nitrogens with one attached hydrogen (secondary N) is 2. The fraction of sp³-hybridized carbons (Fsp3) is 0.308. The van der Waals surface area contributed by atoms with Gasteiger partial charge in [-0.15, -0.1) is 5.10 Å². The molecular formula is C13H16N4OS. The molecule has 1 atom stereocenters. The Hall–Kier alpha value is -1.79. The average Bonchev–Trinajstić information content (AvgIpc) is 2.88. The zero-order chi connectivity index (χ0) is 13.7. The Labute approximate surface area is 116 Å². The number of carbonyl (C=O) groups excluding carboxylic acids is 1. The number of carbonyl (C=O) groups is 1. The molecule has 1 unspecified atom stereocenters. The molecule has 2 N–H and O–H groups in total. The maximum absolute atomic E-state index is 11.0. The van der Waals surface area contributed by atoms with Crippen LogP contribution in [-0.2, 0) is 11.3 Å². The van der Waals surface area contributed by atoms with Gasteiger partial charge in [0, 0.05) is 30.6 Å². The van der Waals surface area contributed by atoms with Gasteiger partial charge in [0.25, 0.3) is 0 Å². The first kappa shape index (κ1) is 13.6. The van der Waals surface area contributed by atoms with Gasteiger partial charge in [0.2, 0.25) is 5.91 Å². The lowest BCUT2D eigenvalue weighted by molar-refractivity contribution is -0.114. The fourth-order valence-corrected chi connectivity index (χ4v) is 2.18. The summed E-state index contributed by atoms with van der Waals surface area (Å²) in [5, 5.41) is 12.1. The Balaban J connectivity index is 1.98. The zero-order valence-corrected chi connectivity index (χ0v) is 11.7. The van der Waals surface area contributed by atoms with Gasteiger partial charge in [-0.2, -0.15) is 0 Å². The van der Waals surface area contributed by atoms with Crippen LogP contribution in [0.25, 0.3) is 0 Å². The SMILES string of the molecule is CC(=O)Nc1cccc(C(C)NCc2csnn2)c1. The van der Waals surface area contributed by atoms with Crippen molar-refractivity contribution in [2.24, 2.45) is 0 Å². The van der Waals surface area contributed by atoms with Crippen molar-refractivity contribution in [3.05, 3.63) is 40.9 Å². The molecule has 0 radical (unpaired) electrons. The van der Waals surface area contributed by atoms with Crippen molar-refractivity contribution in [1.82, 2.24) is 14.9 Å². The van der Waals surface area contributed by atoms with Crippen LogP contribution < -0.4 is 10.6 Å². The molecule has 0 fully saturated rings. The highest BCUT2D eigenvalue weighted by atomic mass is 32.1. The van der Waals surface area contributed by atoms with Gasteiger partial charge in [0.15, 0.2) is 0 Å². The Morgan fingerprint density at radius 3 is 3.00 bits per heavy atom. The number of nitrogens with zero attached hydrogens (tertiary/aromatic N) is 2. The third-order valence-corrected chi connectivity index (χ3v) is 3.25. The maximum atomic E-state index is 11.0. The van der Waals surface area contributed by atoms with E-state index in [0.717, 1.165) is 16.9 Å². The highest BCUT2D eigenvalue weighted by Gasteiger charge is 2.07. The standard InChI is InChI=1S/C13H16N4OS/c1-9(14-7-13-8-19-17-16-13)11-4-3-5-12(6-11)15-10(2)18/h3-6,8-9,14H,7H2,1-2H3,(H,15,18). The van der Waals surface area contributed by atoms with Gasteiger partial charge in [-0.3, -0.25) is 4.79 Å². The topological polar surface area (TPSA) is 66.9 Å². The van der Waals surface area contributed by atoms with Gasteiger partial charge >= 0.3 is 0 Å². The highest BCUT2D eigenvalue weighted by molar-refractivity contribution is 7.03. The molecular weight excluding hydrogens is 260 g/mol. The molecule has 0 spiro atoms. The van der Waals surface area contributed by atoms with Gasteiger partial charge in [0.1, 0.15) is 0 Å². The van der Waals surface area contributed by atoms with E-state index < -0.39 is 0 Å². The number of benzene rings is 1. The van der Waals surface area contributed by atoms with Crippen molar-refractivity contribution >= 4 is 23.1 Å². The number of rotatable bonds is 5. The maximum Gasteiger partial charge on any atom is 0.221 e. The molecule has 1 heterocycles. The Morgan fingerprint density at radius 1 is 1.47 bits per heavy atom. The van der Waals surface area contributed by atoms with Crippen molar-refractivity contribution in [2.45, 2.75) is 26.4 Å². The Kier molecular flexibility index (Phi) is 4.59. The minimum Gasteiger partial charge on any atom is -0.326 e. The van der Waals surface area contributed by atoms with Gasteiger partial charge in [-0.25, -0.2) is 0 Å². The first-order chi connectivity index (χ1) is 9.15. The molecule has 0 saturated carbocycles. The second-order valence-corrected chi connectivity index (χ2v) is 4.92. The van der Waals surface area contributed by atoms with Crippen LogP contribution in [0.15, 0.2) is 29.6 Å². The van der Waals surface area contributed by atoms with Gasteiger partial charge < -0.3 is 10.6 Å². The van der Waals surface area contributed by atoms with E-state index in [9.17, 15) is 4.79 Å². The van der Waals surface area contributed by atoms with Crippen LogP contribution in [0.1, 0.15) is 31.1 Å². The van der Waals surface area contributed by atoms with Crippen LogP contribution in [0.5, 0.6) is 0 Å². The van der Waals surface area contributed by atoms with Crippen LogP contribution >= 0.6 is 11.5 Å². The average molecular weight is 276 g/mol. The van der Waals surface area contributed by atoms with Crippen molar-refractivity contribution in [1.29, 1.82) is 0 Å². The van der Waals surface area contributed by atoms with E-state index in [4.69, 9.17) is 0 Å². The summed E-state index contributed by atoms with van der Waals surface area (Å²) in [4.78, 5) is 11.0. The molecule has 100 valence electrons. The summed E-state index contributed by atoms with van der Waals surface area (Å²) < 4.78 is 3.82. The summed E-state index contributed by atoms with van der Waals surface area (Å²) in [7, 11) is 0. The second kappa shape index (κ2) is 6.40. The lowest BCUT2D eigenvalue weighted by atomic mass is 10.1. The number of amides is 1. The molecule has 2 aromatic rings. The van der Waals surface area contributed by atoms with Crippen molar-refractivity contribution in [2.75, 3.05) is 5.32 Å². The molecule has 19 heavy (non-hydrogen) atoms. The summed E-state index contributed by atoms with van der Waals surface area (Å²) in [6.07, 6.45) is 0. The van der Waals surface area contributed by atoms with E-state index in [-0.39, 0.29) is 11.9 Å². The number of anilines is 1. The monoisotopic (exact) mass is 276 g/mol. The minimum absolute atomic E-state index is 0.0636. The molecule has 0 aliphatic carbocycles. The van der Waals surface area contributed by atoms with E-state index >= 15 is 0 Å². The number of hydrogen-bond acceptors (Lipinski definition) is 5. The third-order valence-electron chi connectivity index (χ3n) is 2.70. The molecule has 0 bridgehead atoms. The highest BCUT2D eigenvalue weighted by Crippen LogP contribution is 2.17. The molecule has 1 aromatic carbocycles. The summed E-state index contributed by atoms with van der Waals surface area (Å²) >= 11 is 1.35. The first-order valence-corrected chi connectivity index (χ1v) is 6.85. The Bertz CT molecular complexity index is 541. The molecule has 0 aliphatic heterocycles. The van der Waals surface area contributed by atoms with Crippen LogP contribution in [0.2, 0.25) is 0 Å². The van der Waals surface area contributed by atoms with Crippen LogP contribution in [0, 0.1) is 0 Å². The molecule has 1 aromatic heterocycles. The normalized spacial score (nSPS) is 12.1. The molecule has 2 rings (SSSR count). The molecule has 0 saturated heterocycles. The van der Waals surface area contributed by atoms with Crippen molar-refractivity contribution in [3.63, 3.8) is 0 Å². The zero-order valence-electron chi connectivity index (χ0n) is 10.9. The van der Waals surface area contributed by atoms with Gasteiger partial charge in [0.05, 0.1) is 5.69 Å². The largest absolute Gasteiger partial charge is 0.326 e. The summed E-state index contributed by atoms with van der Waals surface area (Å²) in [6.45, 7) is 4.26. The van der Waals surface area contributed by atoms with E-state index in [1.165, 1.54) is 18.5 Å². The summed E-state index contributed by atoms with van der Waals surface area (Å²) in [6, 6.07) is 7.99. The van der Waals surface area contributed by atoms with Gasteiger partial charge in [-0.05, 0) is 36.2 Å². The minimum atomic E-state index is -0.0636. The lowest BCUT2D eigenvalue weighted by Crippen LogP contribution is -2.18. The van der Waals surface area contributed by atoms with Crippen LogP contribution in [0.4, 0.5) is 5.69 Å². The lowest BCUT2D eigenvalue weighted by Gasteiger charge is -2.14. The Morgan fingerprint density at radius 2 is 2.32 bits per heavy atom. The first-order valence-electron chi connectivity index (χ1n) is 6.02. The van der Waals surface area contributed by atoms with E-state index in [1.54, 1.807) is 0 Å². The van der Waals surface area contributed by atoms with Crippen LogP contribution in [-0.4, -0.2) is 15.5 Å². The number of hydrogen-bond donors (Lipinski definition) is 2. The predicted octanol–water partition coefficient (Wildman–Crippen LogP) is 2.35. The second-order valence-electron chi connectivity index (χ2n) is 4.31. The van der Waals surface area contributed by atoms with E-state index in [2.05, 4.69) is 27.1 Å². The molecule has 1 amide bonds. The van der Waals surface area contributed by atoms with Crippen molar-refractivity contribution in [3.8, 4) is 0 Å². The molecule has 5 nitrogen and oxygen atoms in total. The number of aromatic nitrogens is 2. The van der Waals surface area contributed by atoms with E-state index in [1.807, 2.05) is 29.6 Å². The van der Waals surface area contributed by atoms with Crippen LogP contribution in [0.3, 0.4) is 0 Å². The summed E-state index contributed by atoms with van der Waals surface area (Å²) in [5.41, 5.74) is 2.87. The molecule has 0 aliphatic rings. The van der Waals surface area contributed by atoms with E-state index in [0.29, 0.717) is 6.54 Å².